The Morgan fingerprint density at radius 3 is 1.37 bits per heavy atom. The average molecular weight is 401 g/mol. The van der Waals surface area contributed by atoms with Crippen LogP contribution in [-0.2, 0) is 26.4 Å². The van der Waals surface area contributed by atoms with Gasteiger partial charge in [-0.15, -0.1) is 0 Å². The van der Waals surface area contributed by atoms with Crippen molar-refractivity contribution in [1.82, 2.24) is 0 Å². The van der Waals surface area contributed by atoms with Gasteiger partial charge in [-0.1, -0.05) is 86.6 Å². The zero-order valence-corrected chi connectivity index (χ0v) is 18.3. The molecule has 0 heterocycles. The van der Waals surface area contributed by atoms with Crippen LogP contribution in [0, 0.1) is 0 Å². The molecule has 0 spiro atoms. The van der Waals surface area contributed by atoms with Crippen LogP contribution < -0.4 is 0 Å². The monoisotopic (exact) mass is 400 g/mol. The fraction of sp³-hybridized carbons (Fsp3) is 0.545. The van der Waals surface area contributed by atoms with E-state index in [0.717, 1.165) is 22.1 Å². The summed E-state index contributed by atoms with van der Waals surface area (Å²) in [5.41, 5.74) is 1.98. The van der Waals surface area contributed by atoms with E-state index in [-0.39, 0.29) is 45.3 Å². The molecule has 0 aromatic heterocycles. The van der Waals surface area contributed by atoms with Gasteiger partial charge in [-0.05, 0) is 38.3 Å². The number of benzene rings is 2. The second-order valence-corrected chi connectivity index (χ2v) is 11.6. The van der Waals surface area contributed by atoms with E-state index in [9.17, 15) is 13.0 Å². The van der Waals surface area contributed by atoms with Crippen molar-refractivity contribution in [2.24, 2.45) is 0 Å². The molecule has 0 aliphatic heterocycles. The second kappa shape index (κ2) is 7.46. The van der Waals surface area contributed by atoms with Gasteiger partial charge in [0.05, 0.1) is 0 Å². The minimum atomic E-state index is -4.39. The summed E-state index contributed by atoms with van der Waals surface area (Å²) in [7, 11) is -4.39. The van der Waals surface area contributed by atoms with Gasteiger partial charge < -0.3 is 0 Å². The Morgan fingerprint density at radius 2 is 1.04 bits per heavy atom. The van der Waals surface area contributed by atoms with Crippen LogP contribution in [0.5, 0.6) is 0 Å². The molecular formula is C22H33NaO3S. The number of rotatable bonds is 1. The van der Waals surface area contributed by atoms with Crippen molar-refractivity contribution >= 4 is 50.4 Å². The van der Waals surface area contributed by atoms with Gasteiger partial charge in [0, 0.05) is 5.39 Å². The molecule has 2 aromatic rings. The van der Waals surface area contributed by atoms with Gasteiger partial charge in [0.15, 0.2) is 0 Å². The molecule has 0 fully saturated rings. The molecule has 3 nitrogen and oxygen atoms in total. The topological polar surface area (TPSA) is 54.4 Å². The normalized spacial score (nSPS) is 13.6. The summed E-state index contributed by atoms with van der Waals surface area (Å²) in [6.45, 7) is 18.8. The molecule has 2 rings (SSSR count). The quantitative estimate of drug-likeness (QED) is 0.520. The second-order valence-electron chi connectivity index (χ2n) is 10.2. The first-order chi connectivity index (χ1) is 11.5. The molecule has 0 aliphatic carbocycles. The van der Waals surface area contributed by atoms with Crippen molar-refractivity contribution in [1.29, 1.82) is 0 Å². The fourth-order valence-electron chi connectivity index (χ4n) is 3.92. The van der Waals surface area contributed by atoms with E-state index in [1.54, 1.807) is 6.07 Å². The molecule has 2 aromatic carbocycles. The van der Waals surface area contributed by atoms with E-state index in [0.29, 0.717) is 5.39 Å². The van der Waals surface area contributed by atoms with Crippen LogP contribution in [0.25, 0.3) is 10.8 Å². The summed E-state index contributed by atoms with van der Waals surface area (Å²) < 4.78 is 35.2. The van der Waals surface area contributed by atoms with Crippen LogP contribution in [0.3, 0.4) is 0 Å². The minimum absolute atomic E-state index is 0. The summed E-state index contributed by atoms with van der Waals surface area (Å²) in [6, 6.07) is 7.52. The van der Waals surface area contributed by atoms with Crippen molar-refractivity contribution in [3.05, 3.63) is 41.0 Å². The maximum atomic E-state index is 12.5. The van der Waals surface area contributed by atoms with Crippen LogP contribution >= 0.6 is 0 Å². The maximum absolute atomic E-state index is 12.5. The SMILES string of the molecule is CC(C)(C)c1c(C(C)(C)C)c(S(=O)(=O)O)c2ccccc2c1C(C)(C)C.[NaH]. The summed E-state index contributed by atoms with van der Waals surface area (Å²) in [5, 5.41) is 1.49. The number of fused-ring (bicyclic) bond motifs is 1. The van der Waals surface area contributed by atoms with E-state index >= 15 is 0 Å². The van der Waals surface area contributed by atoms with Crippen molar-refractivity contribution in [2.45, 2.75) is 83.5 Å². The molecule has 5 heteroatoms. The third kappa shape index (κ3) is 4.79. The molecule has 0 aliphatic rings. The third-order valence-corrected chi connectivity index (χ3v) is 5.62. The summed E-state index contributed by atoms with van der Waals surface area (Å²) in [4.78, 5) is 0.0542. The average Bonchev–Trinajstić information content (AvgIpc) is 2.40. The fourth-order valence-corrected chi connectivity index (χ4v) is 5.04. The summed E-state index contributed by atoms with van der Waals surface area (Å²) in [6.07, 6.45) is 0. The Kier molecular flexibility index (Phi) is 6.81. The van der Waals surface area contributed by atoms with E-state index < -0.39 is 15.5 Å². The molecule has 27 heavy (non-hydrogen) atoms. The number of hydrogen-bond acceptors (Lipinski definition) is 2. The van der Waals surface area contributed by atoms with Crippen molar-refractivity contribution in [3.63, 3.8) is 0 Å². The molecule has 0 unspecified atom stereocenters. The van der Waals surface area contributed by atoms with E-state index in [1.165, 1.54) is 0 Å². The van der Waals surface area contributed by atoms with Crippen molar-refractivity contribution in [3.8, 4) is 0 Å². The zero-order chi connectivity index (χ0) is 20.3. The van der Waals surface area contributed by atoms with Crippen LogP contribution in [0.15, 0.2) is 29.2 Å². The summed E-state index contributed by atoms with van der Waals surface area (Å²) in [5.74, 6) is 0. The Bertz CT molecular complexity index is 954. The Balaban J connectivity index is 0.00000364. The van der Waals surface area contributed by atoms with Crippen molar-refractivity contribution < 1.29 is 13.0 Å². The van der Waals surface area contributed by atoms with Gasteiger partial charge >= 0.3 is 29.6 Å². The van der Waals surface area contributed by atoms with E-state index in [2.05, 4.69) is 41.5 Å². The molecule has 1 N–H and O–H groups in total. The molecule has 146 valence electrons. The molecule has 0 radical (unpaired) electrons. The first-order valence-corrected chi connectivity index (χ1v) is 10.5. The van der Waals surface area contributed by atoms with E-state index in [1.807, 2.05) is 39.0 Å². The molecule has 0 saturated heterocycles. The molecule has 0 bridgehead atoms. The van der Waals surface area contributed by atoms with Crippen LogP contribution in [0.1, 0.15) is 79.0 Å². The summed E-state index contributed by atoms with van der Waals surface area (Å²) >= 11 is 0. The molecule has 0 saturated carbocycles. The van der Waals surface area contributed by atoms with Gasteiger partial charge in [-0.2, -0.15) is 8.42 Å². The van der Waals surface area contributed by atoms with Gasteiger partial charge in [0.25, 0.3) is 10.1 Å². The first kappa shape index (κ1) is 24.6. The van der Waals surface area contributed by atoms with Crippen LogP contribution in [0.4, 0.5) is 0 Å². The molecule has 0 atom stereocenters. The Labute approximate surface area is 187 Å². The standard InChI is InChI=1S/C22H32O3S.Na.H/c1-20(2,3)16-14-12-10-11-13-15(14)19(26(23,24)25)18(22(7,8)9)17(16)21(4,5)6;;/h10-13H,1-9H3,(H,23,24,25);;. The Morgan fingerprint density at radius 1 is 0.667 bits per heavy atom. The van der Waals surface area contributed by atoms with Crippen LogP contribution in [0.2, 0.25) is 0 Å². The predicted molar refractivity (Wildman–Crippen MR) is 117 cm³/mol. The van der Waals surface area contributed by atoms with Gasteiger partial charge in [0.1, 0.15) is 4.90 Å². The first-order valence-electron chi connectivity index (χ1n) is 9.05. The third-order valence-electron chi connectivity index (χ3n) is 4.68. The Hall–Kier alpha value is -0.390. The predicted octanol–water partition coefficient (Wildman–Crippen LogP) is 5.33. The molecular weight excluding hydrogens is 367 g/mol. The van der Waals surface area contributed by atoms with E-state index in [4.69, 9.17) is 0 Å². The van der Waals surface area contributed by atoms with Crippen molar-refractivity contribution in [2.75, 3.05) is 0 Å². The van der Waals surface area contributed by atoms with Crippen LogP contribution in [-0.4, -0.2) is 42.5 Å². The number of hydrogen-bond donors (Lipinski definition) is 1. The zero-order valence-electron chi connectivity index (χ0n) is 17.5. The molecule has 0 amide bonds. The van der Waals surface area contributed by atoms with Gasteiger partial charge in [0.2, 0.25) is 0 Å². The van der Waals surface area contributed by atoms with Gasteiger partial charge in [-0.25, -0.2) is 0 Å². The van der Waals surface area contributed by atoms with Gasteiger partial charge in [-0.3, -0.25) is 4.55 Å².